The van der Waals surface area contributed by atoms with Crippen molar-refractivity contribution < 1.29 is 14.3 Å². The standard InChI is InChI=1S/C18H31N5O3.HI/c1-3-26-14-11-13(18(14)7-5-4-6-8-18)22-16(19-2)20-9-10-23-15(24)12-21-17(23)25;/h13-14H,3-12H2,1-2H3,(H,21,25)(H2,19,20,22);1H. The number of aliphatic imine (C=N–C) groups is 1. The summed E-state index contributed by atoms with van der Waals surface area (Å²) < 4.78 is 6.00. The Kier molecular flexibility index (Phi) is 8.14. The molecule has 2 unspecified atom stereocenters. The highest BCUT2D eigenvalue weighted by Gasteiger charge is 2.55. The monoisotopic (exact) mass is 493 g/mol. The van der Waals surface area contributed by atoms with Gasteiger partial charge in [-0.15, -0.1) is 24.0 Å². The molecular weight excluding hydrogens is 461 g/mol. The number of rotatable bonds is 6. The van der Waals surface area contributed by atoms with Crippen LogP contribution >= 0.6 is 24.0 Å². The van der Waals surface area contributed by atoms with Crippen LogP contribution in [0.5, 0.6) is 0 Å². The van der Waals surface area contributed by atoms with E-state index in [1.165, 1.54) is 37.0 Å². The highest BCUT2D eigenvalue weighted by Crippen LogP contribution is 2.53. The van der Waals surface area contributed by atoms with Crippen LogP contribution in [-0.4, -0.2) is 68.2 Å². The predicted octanol–water partition coefficient (Wildman–Crippen LogP) is 1.45. The number of urea groups is 1. The van der Waals surface area contributed by atoms with Gasteiger partial charge in [0.05, 0.1) is 12.6 Å². The lowest BCUT2D eigenvalue weighted by molar-refractivity contribution is -0.145. The van der Waals surface area contributed by atoms with E-state index in [-0.39, 0.29) is 47.9 Å². The van der Waals surface area contributed by atoms with Crippen LogP contribution in [0.1, 0.15) is 45.4 Å². The van der Waals surface area contributed by atoms with Crippen molar-refractivity contribution in [3.05, 3.63) is 0 Å². The molecule has 2 aliphatic carbocycles. The third kappa shape index (κ3) is 4.67. The van der Waals surface area contributed by atoms with Gasteiger partial charge in [0.2, 0.25) is 5.91 Å². The summed E-state index contributed by atoms with van der Waals surface area (Å²) >= 11 is 0. The van der Waals surface area contributed by atoms with Gasteiger partial charge >= 0.3 is 6.03 Å². The van der Waals surface area contributed by atoms with Crippen LogP contribution in [0.2, 0.25) is 0 Å². The summed E-state index contributed by atoms with van der Waals surface area (Å²) in [6.07, 6.45) is 7.59. The fourth-order valence-electron chi connectivity index (χ4n) is 4.59. The van der Waals surface area contributed by atoms with Gasteiger partial charge in [0.1, 0.15) is 0 Å². The van der Waals surface area contributed by atoms with Gasteiger partial charge in [0.15, 0.2) is 5.96 Å². The minimum absolute atomic E-state index is 0. The third-order valence-corrected chi connectivity index (χ3v) is 6.04. The van der Waals surface area contributed by atoms with E-state index in [2.05, 4.69) is 27.9 Å². The lowest BCUT2D eigenvalue weighted by Crippen LogP contribution is -2.66. The van der Waals surface area contributed by atoms with Gasteiger partial charge in [0, 0.05) is 38.2 Å². The van der Waals surface area contributed by atoms with E-state index < -0.39 is 0 Å². The molecule has 3 N–H and O–H groups in total. The molecular formula is C18H32IN5O3. The van der Waals surface area contributed by atoms with Gasteiger partial charge in [-0.05, 0) is 26.2 Å². The molecule has 0 aromatic carbocycles. The Bertz CT molecular complexity index is 549. The molecule has 0 radical (unpaired) electrons. The lowest BCUT2D eigenvalue weighted by atomic mass is 9.55. The van der Waals surface area contributed by atoms with Crippen LogP contribution < -0.4 is 16.0 Å². The van der Waals surface area contributed by atoms with Crippen molar-refractivity contribution in [3.8, 4) is 0 Å². The summed E-state index contributed by atoms with van der Waals surface area (Å²) in [6.45, 7) is 3.73. The summed E-state index contributed by atoms with van der Waals surface area (Å²) in [6, 6.07) is 0.0433. The molecule has 154 valence electrons. The molecule has 3 amide bonds. The van der Waals surface area contributed by atoms with E-state index in [1.54, 1.807) is 7.05 Å². The first-order valence-electron chi connectivity index (χ1n) is 9.77. The number of hydrogen-bond acceptors (Lipinski definition) is 4. The number of guanidine groups is 1. The summed E-state index contributed by atoms with van der Waals surface area (Å²) in [7, 11) is 1.75. The molecule has 3 fully saturated rings. The highest BCUT2D eigenvalue weighted by molar-refractivity contribution is 14.0. The zero-order valence-corrected chi connectivity index (χ0v) is 18.6. The Hall–Kier alpha value is -1.10. The van der Waals surface area contributed by atoms with Crippen molar-refractivity contribution in [3.63, 3.8) is 0 Å². The van der Waals surface area contributed by atoms with Gasteiger partial charge in [-0.25, -0.2) is 4.79 Å². The van der Waals surface area contributed by atoms with Crippen LogP contribution in [0, 0.1) is 5.41 Å². The van der Waals surface area contributed by atoms with Crippen LogP contribution in [0.3, 0.4) is 0 Å². The number of imide groups is 1. The Morgan fingerprint density at radius 3 is 2.67 bits per heavy atom. The van der Waals surface area contributed by atoms with Crippen molar-refractivity contribution in [2.75, 3.05) is 33.3 Å². The topological polar surface area (TPSA) is 95.1 Å². The molecule has 1 aliphatic heterocycles. The molecule has 1 heterocycles. The molecule has 3 rings (SSSR count). The number of nitrogens with one attached hydrogen (secondary N) is 3. The van der Waals surface area contributed by atoms with Crippen LogP contribution in [0.4, 0.5) is 4.79 Å². The van der Waals surface area contributed by atoms with Crippen molar-refractivity contribution in [1.82, 2.24) is 20.9 Å². The molecule has 0 aromatic rings. The van der Waals surface area contributed by atoms with E-state index in [9.17, 15) is 9.59 Å². The average molecular weight is 493 g/mol. The summed E-state index contributed by atoms with van der Waals surface area (Å²) in [5.74, 6) is 0.543. The Balaban J connectivity index is 0.00000261. The number of ether oxygens (including phenoxy) is 1. The van der Waals surface area contributed by atoms with Gasteiger partial charge in [0.25, 0.3) is 0 Å². The van der Waals surface area contributed by atoms with Crippen molar-refractivity contribution in [2.45, 2.75) is 57.6 Å². The molecule has 0 bridgehead atoms. The van der Waals surface area contributed by atoms with Gasteiger partial charge < -0.3 is 20.7 Å². The maximum atomic E-state index is 11.6. The second-order valence-corrected chi connectivity index (χ2v) is 7.37. The normalized spacial score (nSPS) is 27.0. The average Bonchev–Trinajstić information content (AvgIpc) is 2.98. The number of hydrogen-bond donors (Lipinski definition) is 3. The number of amides is 3. The van der Waals surface area contributed by atoms with E-state index in [0.29, 0.717) is 25.2 Å². The fourth-order valence-corrected chi connectivity index (χ4v) is 4.59. The molecule has 1 spiro atoms. The first-order chi connectivity index (χ1) is 12.6. The molecule has 2 saturated carbocycles. The molecule has 3 aliphatic rings. The molecule has 0 aromatic heterocycles. The highest BCUT2D eigenvalue weighted by atomic mass is 127. The van der Waals surface area contributed by atoms with Gasteiger partial charge in [-0.3, -0.25) is 14.7 Å². The number of halogens is 1. The van der Waals surface area contributed by atoms with Crippen LogP contribution in [0.25, 0.3) is 0 Å². The predicted molar refractivity (Wildman–Crippen MR) is 114 cm³/mol. The molecule has 27 heavy (non-hydrogen) atoms. The molecule has 9 heteroatoms. The fraction of sp³-hybridized carbons (Fsp3) is 0.833. The summed E-state index contributed by atoms with van der Waals surface area (Å²) in [5, 5.41) is 9.31. The minimum Gasteiger partial charge on any atom is -0.378 e. The van der Waals surface area contributed by atoms with E-state index >= 15 is 0 Å². The van der Waals surface area contributed by atoms with Crippen LogP contribution in [0.15, 0.2) is 4.99 Å². The minimum atomic E-state index is -0.320. The smallest absolute Gasteiger partial charge is 0.324 e. The number of carbonyl (C=O) groups is 2. The zero-order valence-electron chi connectivity index (χ0n) is 16.3. The Morgan fingerprint density at radius 2 is 2.07 bits per heavy atom. The summed E-state index contributed by atoms with van der Waals surface area (Å²) in [5.41, 5.74) is 0.219. The first-order valence-corrected chi connectivity index (χ1v) is 9.77. The number of nitrogens with zero attached hydrogens (tertiary/aromatic N) is 2. The largest absolute Gasteiger partial charge is 0.378 e. The van der Waals surface area contributed by atoms with Gasteiger partial charge in [-0.1, -0.05) is 19.3 Å². The molecule has 2 atom stereocenters. The molecule has 8 nitrogen and oxygen atoms in total. The van der Waals surface area contributed by atoms with Crippen molar-refractivity contribution >= 4 is 41.9 Å². The second kappa shape index (κ2) is 9.90. The maximum absolute atomic E-state index is 11.6. The Morgan fingerprint density at radius 1 is 1.33 bits per heavy atom. The van der Waals surface area contributed by atoms with E-state index in [0.717, 1.165) is 19.0 Å². The third-order valence-electron chi connectivity index (χ3n) is 6.04. The first kappa shape index (κ1) is 22.2. The second-order valence-electron chi connectivity index (χ2n) is 7.37. The molecule has 1 saturated heterocycles. The maximum Gasteiger partial charge on any atom is 0.324 e. The number of carbonyl (C=O) groups excluding carboxylic acids is 2. The van der Waals surface area contributed by atoms with Crippen molar-refractivity contribution in [2.24, 2.45) is 10.4 Å². The zero-order chi connectivity index (χ0) is 18.6. The van der Waals surface area contributed by atoms with Crippen molar-refractivity contribution in [1.29, 1.82) is 0 Å². The lowest BCUT2D eigenvalue weighted by Gasteiger charge is -2.57. The van der Waals surface area contributed by atoms with E-state index in [4.69, 9.17) is 4.74 Å². The van der Waals surface area contributed by atoms with E-state index in [1.807, 2.05) is 0 Å². The Labute approximate surface area is 178 Å². The van der Waals surface area contributed by atoms with Crippen LogP contribution in [-0.2, 0) is 9.53 Å². The quantitative estimate of drug-likeness (QED) is 0.226. The summed E-state index contributed by atoms with van der Waals surface area (Å²) in [4.78, 5) is 28.7. The van der Waals surface area contributed by atoms with Gasteiger partial charge in [-0.2, -0.15) is 0 Å². The SMILES string of the molecule is CCOC1CC(NC(=NC)NCCN2C(=O)CNC2=O)C12CCCCC2.I.